The quantitative estimate of drug-likeness (QED) is 0.904. The molecule has 1 heterocycles. The van der Waals surface area contributed by atoms with Crippen LogP contribution in [0.4, 0.5) is 13.2 Å². The lowest BCUT2D eigenvalue weighted by Gasteiger charge is -2.24. The summed E-state index contributed by atoms with van der Waals surface area (Å²) in [6.45, 7) is 1.93. The fraction of sp³-hybridized carbons (Fsp3) is 0.455. The standard InChI is InChI=1S/C11H11ClF3NO2/c12-8-5-7(10-6-16-3-4-17-10)1-2-9(8)18-11(13,14)15/h1-2,5,10,16H,3-4,6H2. The molecule has 1 aromatic carbocycles. The molecule has 0 amide bonds. The van der Waals surface area contributed by atoms with Crippen LogP contribution in [0.25, 0.3) is 0 Å². The van der Waals surface area contributed by atoms with Gasteiger partial charge in [-0.15, -0.1) is 13.2 Å². The van der Waals surface area contributed by atoms with E-state index >= 15 is 0 Å². The first-order valence-corrected chi connectivity index (χ1v) is 5.71. The van der Waals surface area contributed by atoms with Crippen LogP contribution >= 0.6 is 11.6 Å². The van der Waals surface area contributed by atoms with Crippen molar-refractivity contribution >= 4 is 11.6 Å². The Hall–Kier alpha value is -0.980. The molecule has 100 valence electrons. The normalized spacial score (nSPS) is 20.8. The molecule has 0 radical (unpaired) electrons. The van der Waals surface area contributed by atoms with Crippen LogP contribution in [0.5, 0.6) is 5.75 Å². The number of hydrogen-bond donors (Lipinski definition) is 1. The molecular formula is C11H11ClF3NO2. The van der Waals surface area contributed by atoms with Crippen molar-refractivity contribution in [2.24, 2.45) is 0 Å². The van der Waals surface area contributed by atoms with Crippen LogP contribution in [0.2, 0.25) is 5.02 Å². The molecule has 1 aliphatic heterocycles. The van der Waals surface area contributed by atoms with E-state index in [1.54, 1.807) is 0 Å². The molecule has 0 aromatic heterocycles. The second-order valence-corrected chi connectivity index (χ2v) is 4.21. The van der Waals surface area contributed by atoms with Gasteiger partial charge in [0.2, 0.25) is 0 Å². The molecule has 1 unspecified atom stereocenters. The highest BCUT2D eigenvalue weighted by Crippen LogP contribution is 2.33. The molecule has 1 N–H and O–H groups in total. The summed E-state index contributed by atoms with van der Waals surface area (Å²) in [5.41, 5.74) is 0.724. The van der Waals surface area contributed by atoms with Crippen LogP contribution in [-0.4, -0.2) is 26.1 Å². The zero-order valence-corrected chi connectivity index (χ0v) is 10.0. The van der Waals surface area contributed by atoms with Crippen molar-refractivity contribution in [2.45, 2.75) is 12.5 Å². The van der Waals surface area contributed by atoms with E-state index in [1.807, 2.05) is 0 Å². The second-order valence-electron chi connectivity index (χ2n) is 3.80. The van der Waals surface area contributed by atoms with Gasteiger partial charge < -0.3 is 14.8 Å². The fourth-order valence-electron chi connectivity index (χ4n) is 1.70. The molecule has 0 spiro atoms. The van der Waals surface area contributed by atoms with Gasteiger partial charge in [0.1, 0.15) is 5.75 Å². The van der Waals surface area contributed by atoms with Gasteiger partial charge in [-0.3, -0.25) is 0 Å². The lowest BCUT2D eigenvalue weighted by molar-refractivity contribution is -0.274. The van der Waals surface area contributed by atoms with Crippen LogP contribution in [0.3, 0.4) is 0 Å². The molecule has 7 heteroatoms. The summed E-state index contributed by atoms with van der Waals surface area (Å²) in [4.78, 5) is 0. The average Bonchev–Trinajstić information content (AvgIpc) is 2.31. The maximum Gasteiger partial charge on any atom is 0.573 e. The number of nitrogens with one attached hydrogen (secondary N) is 1. The topological polar surface area (TPSA) is 30.5 Å². The molecule has 0 saturated carbocycles. The summed E-state index contributed by atoms with van der Waals surface area (Å²) in [6.07, 6.45) is -4.94. The second kappa shape index (κ2) is 5.34. The lowest BCUT2D eigenvalue weighted by Crippen LogP contribution is -2.33. The van der Waals surface area contributed by atoms with Crippen LogP contribution in [0, 0.1) is 0 Å². The van der Waals surface area contributed by atoms with E-state index in [1.165, 1.54) is 18.2 Å². The van der Waals surface area contributed by atoms with Gasteiger partial charge in [0.15, 0.2) is 0 Å². The highest BCUT2D eigenvalue weighted by Gasteiger charge is 2.32. The third-order valence-electron chi connectivity index (χ3n) is 2.48. The molecular weight excluding hydrogens is 271 g/mol. The highest BCUT2D eigenvalue weighted by atomic mass is 35.5. The van der Waals surface area contributed by atoms with Crippen molar-refractivity contribution in [2.75, 3.05) is 19.7 Å². The SMILES string of the molecule is FC(F)(F)Oc1ccc(C2CNCCO2)cc1Cl. The van der Waals surface area contributed by atoms with Crippen molar-refractivity contribution in [1.82, 2.24) is 5.32 Å². The Morgan fingerprint density at radius 2 is 2.17 bits per heavy atom. The Labute approximate surface area is 107 Å². The molecule has 1 saturated heterocycles. The molecule has 1 fully saturated rings. The Bertz CT molecular complexity index is 419. The minimum Gasteiger partial charge on any atom is -0.404 e. The average molecular weight is 282 g/mol. The maximum atomic E-state index is 12.1. The van der Waals surface area contributed by atoms with Gasteiger partial charge >= 0.3 is 6.36 Å². The summed E-state index contributed by atoms with van der Waals surface area (Å²) in [5.74, 6) is -0.406. The first-order chi connectivity index (χ1) is 8.46. The van der Waals surface area contributed by atoms with Gasteiger partial charge in [-0.25, -0.2) is 0 Å². The number of rotatable bonds is 2. The van der Waals surface area contributed by atoms with Crippen LogP contribution in [-0.2, 0) is 4.74 Å². The summed E-state index contributed by atoms with van der Waals surface area (Å²) >= 11 is 5.75. The summed E-state index contributed by atoms with van der Waals surface area (Å²) in [5, 5.41) is 3.04. The number of alkyl halides is 3. The zero-order valence-electron chi connectivity index (χ0n) is 9.26. The molecule has 0 aliphatic carbocycles. The largest absolute Gasteiger partial charge is 0.573 e. The monoisotopic (exact) mass is 281 g/mol. The van der Waals surface area contributed by atoms with Crippen molar-refractivity contribution in [1.29, 1.82) is 0 Å². The van der Waals surface area contributed by atoms with E-state index in [9.17, 15) is 13.2 Å². The Balaban J connectivity index is 2.13. The van der Waals surface area contributed by atoms with Gasteiger partial charge in [-0.2, -0.15) is 0 Å². The lowest BCUT2D eigenvalue weighted by atomic mass is 10.1. The molecule has 0 bridgehead atoms. The number of hydrogen-bond acceptors (Lipinski definition) is 3. The van der Waals surface area contributed by atoms with Gasteiger partial charge in [0, 0.05) is 13.1 Å². The third kappa shape index (κ3) is 3.51. The maximum absolute atomic E-state index is 12.1. The Morgan fingerprint density at radius 1 is 1.39 bits per heavy atom. The molecule has 1 aliphatic rings. The highest BCUT2D eigenvalue weighted by molar-refractivity contribution is 6.32. The zero-order chi connectivity index (χ0) is 13.2. The first-order valence-electron chi connectivity index (χ1n) is 5.33. The molecule has 1 aromatic rings. The number of halogens is 4. The van der Waals surface area contributed by atoms with E-state index in [0.29, 0.717) is 13.2 Å². The first kappa shape index (κ1) is 13.5. The summed E-state index contributed by atoms with van der Waals surface area (Å²) < 4.78 is 45.4. The molecule has 18 heavy (non-hydrogen) atoms. The van der Waals surface area contributed by atoms with Crippen LogP contribution in [0.15, 0.2) is 18.2 Å². The Kier molecular flexibility index (Phi) is 3.99. The smallest absolute Gasteiger partial charge is 0.404 e. The van der Waals surface area contributed by atoms with Gasteiger partial charge in [0.25, 0.3) is 0 Å². The Morgan fingerprint density at radius 3 is 2.72 bits per heavy atom. The minimum absolute atomic E-state index is 0.0843. The number of benzene rings is 1. The van der Waals surface area contributed by atoms with E-state index in [-0.39, 0.29) is 11.1 Å². The molecule has 1 atom stereocenters. The van der Waals surface area contributed by atoms with Gasteiger partial charge in [-0.05, 0) is 17.7 Å². The number of ether oxygens (including phenoxy) is 2. The summed E-state index contributed by atoms with van der Waals surface area (Å²) in [7, 11) is 0. The van der Waals surface area contributed by atoms with Crippen molar-refractivity contribution in [3.05, 3.63) is 28.8 Å². The van der Waals surface area contributed by atoms with E-state index in [4.69, 9.17) is 16.3 Å². The van der Waals surface area contributed by atoms with Gasteiger partial charge in [0.05, 0.1) is 17.7 Å². The molecule has 2 rings (SSSR count). The predicted molar refractivity (Wildman–Crippen MR) is 59.7 cm³/mol. The van der Waals surface area contributed by atoms with E-state index < -0.39 is 12.1 Å². The van der Waals surface area contributed by atoms with Crippen molar-refractivity contribution in [3.63, 3.8) is 0 Å². The van der Waals surface area contributed by atoms with Crippen molar-refractivity contribution < 1.29 is 22.6 Å². The summed E-state index contributed by atoms with van der Waals surface area (Å²) in [6, 6.07) is 4.15. The van der Waals surface area contributed by atoms with Crippen LogP contribution in [0.1, 0.15) is 11.7 Å². The van der Waals surface area contributed by atoms with E-state index in [2.05, 4.69) is 10.1 Å². The van der Waals surface area contributed by atoms with E-state index in [0.717, 1.165) is 12.1 Å². The van der Waals surface area contributed by atoms with Gasteiger partial charge in [-0.1, -0.05) is 17.7 Å². The third-order valence-corrected chi connectivity index (χ3v) is 2.78. The van der Waals surface area contributed by atoms with Crippen molar-refractivity contribution in [3.8, 4) is 5.75 Å². The number of morpholine rings is 1. The minimum atomic E-state index is -4.74. The fourth-order valence-corrected chi connectivity index (χ4v) is 1.93. The predicted octanol–water partition coefficient (Wildman–Crippen LogP) is 2.90. The molecule has 3 nitrogen and oxygen atoms in total. The van der Waals surface area contributed by atoms with Crippen LogP contribution < -0.4 is 10.1 Å².